The molecule has 2 N–H and O–H groups in total. The van der Waals surface area contributed by atoms with Gasteiger partial charge in [0.15, 0.2) is 0 Å². The largest absolute Gasteiger partial charge is 0.490 e. The van der Waals surface area contributed by atoms with Crippen LogP contribution in [0.1, 0.15) is 32.4 Å². The molecule has 0 amide bonds. The predicted molar refractivity (Wildman–Crippen MR) is 74.7 cm³/mol. The molecule has 0 saturated heterocycles. The highest BCUT2D eigenvalue weighted by atomic mass is 35.5. The monoisotopic (exact) mass is 288 g/mol. The summed E-state index contributed by atoms with van der Waals surface area (Å²) in [6, 6.07) is 5.01. The Balaban J connectivity index is 2.57. The maximum atomic E-state index is 9.70. The minimum atomic E-state index is -0.708. The predicted octanol–water partition coefficient (Wildman–Crippen LogP) is 2.56. The lowest BCUT2D eigenvalue weighted by molar-refractivity contribution is -0.0126. The van der Waals surface area contributed by atoms with E-state index in [2.05, 4.69) is 0 Å². The van der Waals surface area contributed by atoms with Gasteiger partial charge in [-0.3, -0.25) is 0 Å². The molecule has 108 valence electrons. The third-order valence-corrected chi connectivity index (χ3v) is 2.71. The van der Waals surface area contributed by atoms with Crippen molar-refractivity contribution in [3.63, 3.8) is 0 Å². The average molecular weight is 289 g/mol. The lowest BCUT2D eigenvalue weighted by Crippen LogP contribution is -2.25. The number of aliphatic hydroxyl groups excluding tert-OH is 2. The van der Waals surface area contributed by atoms with E-state index in [1.807, 2.05) is 13.8 Å². The molecule has 5 heteroatoms. The van der Waals surface area contributed by atoms with E-state index in [1.54, 1.807) is 25.1 Å². The summed E-state index contributed by atoms with van der Waals surface area (Å²) >= 11 is 5.87. The van der Waals surface area contributed by atoms with Crippen LogP contribution in [0.5, 0.6) is 5.75 Å². The van der Waals surface area contributed by atoms with Gasteiger partial charge in [-0.05, 0) is 39.0 Å². The molecule has 0 aliphatic rings. The molecule has 0 spiro atoms. The summed E-state index contributed by atoms with van der Waals surface area (Å²) in [7, 11) is 0. The third kappa shape index (κ3) is 5.78. The maximum absolute atomic E-state index is 9.70. The number of rotatable bonds is 7. The van der Waals surface area contributed by atoms with Crippen LogP contribution < -0.4 is 4.74 Å². The molecule has 2 atom stereocenters. The fraction of sp³-hybridized carbons (Fsp3) is 0.571. The van der Waals surface area contributed by atoms with Gasteiger partial charge >= 0.3 is 0 Å². The fourth-order valence-corrected chi connectivity index (χ4v) is 1.70. The van der Waals surface area contributed by atoms with Crippen molar-refractivity contribution in [1.82, 2.24) is 0 Å². The summed E-state index contributed by atoms with van der Waals surface area (Å²) in [4.78, 5) is 0. The van der Waals surface area contributed by atoms with Crippen LogP contribution in [0.25, 0.3) is 0 Å². The highest BCUT2D eigenvalue weighted by Gasteiger charge is 2.12. The normalized spacial score (nSPS) is 14.5. The van der Waals surface area contributed by atoms with Gasteiger partial charge in [0.2, 0.25) is 0 Å². The Bertz CT molecular complexity index is 393. The minimum Gasteiger partial charge on any atom is -0.490 e. The third-order valence-electron chi connectivity index (χ3n) is 2.48. The second-order valence-electron chi connectivity index (χ2n) is 4.71. The standard InChI is InChI=1S/C14H21ClO4/c1-9(2)18-7-12(17)8-19-14-5-4-11(15)6-13(14)10(3)16/h4-6,9-10,12,16-17H,7-8H2,1-3H3. The first-order chi connectivity index (χ1) is 8.90. The van der Waals surface area contributed by atoms with Crippen LogP contribution >= 0.6 is 11.6 Å². The first-order valence-corrected chi connectivity index (χ1v) is 6.68. The Hall–Kier alpha value is -0.810. The second kappa shape index (κ2) is 7.70. The van der Waals surface area contributed by atoms with Crippen molar-refractivity contribution in [2.45, 2.75) is 39.1 Å². The van der Waals surface area contributed by atoms with Gasteiger partial charge in [0.1, 0.15) is 18.5 Å². The summed E-state index contributed by atoms with van der Waals surface area (Å²) in [6.45, 7) is 5.76. The zero-order valence-corrected chi connectivity index (χ0v) is 12.2. The van der Waals surface area contributed by atoms with Gasteiger partial charge < -0.3 is 19.7 Å². The molecule has 1 rings (SSSR count). The fourth-order valence-electron chi connectivity index (χ4n) is 1.51. The number of benzene rings is 1. The Morgan fingerprint density at radius 2 is 1.84 bits per heavy atom. The summed E-state index contributed by atoms with van der Waals surface area (Å²) < 4.78 is 10.8. The molecule has 0 heterocycles. The van der Waals surface area contributed by atoms with Crippen LogP contribution in [0.15, 0.2) is 18.2 Å². The summed E-state index contributed by atoms with van der Waals surface area (Å²) in [5.74, 6) is 0.517. The van der Waals surface area contributed by atoms with Crippen molar-refractivity contribution in [2.75, 3.05) is 13.2 Å². The lowest BCUT2D eigenvalue weighted by Gasteiger charge is -2.17. The molecule has 1 aromatic rings. The Morgan fingerprint density at radius 1 is 1.16 bits per heavy atom. The van der Waals surface area contributed by atoms with Gasteiger partial charge in [0, 0.05) is 10.6 Å². The van der Waals surface area contributed by atoms with E-state index in [4.69, 9.17) is 21.1 Å². The van der Waals surface area contributed by atoms with Crippen LogP contribution in [0, 0.1) is 0 Å². The van der Waals surface area contributed by atoms with Crippen molar-refractivity contribution in [2.24, 2.45) is 0 Å². The Labute approximate surface area is 118 Å². The van der Waals surface area contributed by atoms with Gasteiger partial charge in [-0.25, -0.2) is 0 Å². The van der Waals surface area contributed by atoms with Gasteiger partial charge in [-0.2, -0.15) is 0 Å². The first kappa shape index (κ1) is 16.2. The average Bonchev–Trinajstić information content (AvgIpc) is 2.34. The van der Waals surface area contributed by atoms with Gasteiger partial charge in [0.25, 0.3) is 0 Å². The van der Waals surface area contributed by atoms with Crippen LogP contribution in [-0.2, 0) is 4.74 Å². The Morgan fingerprint density at radius 3 is 2.42 bits per heavy atom. The molecule has 1 aromatic carbocycles. The number of halogens is 1. The van der Waals surface area contributed by atoms with E-state index in [0.29, 0.717) is 16.3 Å². The number of ether oxygens (including phenoxy) is 2. The molecular weight excluding hydrogens is 268 g/mol. The number of hydrogen-bond acceptors (Lipinski definition) is 4. The van der Waals surface area contributed by atoms with Crippen LogP contribution in [-0.4, -0.2) is 35.6 Å². The van der Waals surface area contributed by atoms with Crippen LogP contribution in [0.4, 0.5) is 0 Å². The zero-order valence-electron chi connectivity index (χ0n) is 11.5. The van der Waals surface area contributed by atoms with Crippen LogP contribution in [0.3, 0.4) is 0 Å². The van der Waals surface area contributed by atoms with Gasteiger partial charge in [-0.15, -0.1) is 0 Å². The highest BCUT2D eigenvalue weighted by molar-refractivity contribution is 6.30. The molecule has 0 saturated carbocycles. The number of hydrogen-bond donors (Lipinski definition) is 2. The van der Waals surface area contributed by atoms with Crippen molar-refractivity contribution >= 4 is 11.6 Å². The summed E-state index contributed by atoms with van der Waals surface area (Å²) in [5, 5.41) is 19.9. The maximum Gasteiger partial charge on any atom is 0.125 e. The second-order valence-corrected chi connectivity index (χ2v) is 5.14. The highest BCUT2D eigenvalue weighted by Crippen LogP contribution is 2.28. The van der Waals surface area contributed by atoms with Crippen molar-refractivity contribution < 1.29 is 19.7 Å². The van der Waals surface area contributed by atoms with Gasteiger partial charge in [0.05, 0.1) is 18.8 Å². The van der Waals surface area contributed by atoms with Crippen molar-refractivity contribution in [1.29, 1.82) is 0 Å². The molecule has 4 nitrogen and oxygen atoms in total. The molecule has 19 heavy (non-hydrogen) atoms. The van der Waals surface area contributed by atoms with E-state index < -0.39 is 12.2 Å². The quantitative estimate of drug-likeness (QED) is 0.809. The molecule has 0 aromatic heterocycles. The SMILES string of the molecule is CC(C)OCC(O)COc1ccc(Cl)cc1C(C)O. The molecule has 0 fully saturated rings. The van der Waals surface area contributed by atoms with Crippen molar-refractivity contribution in [3.05, 3.63) is 28.8 Å². The van der Waals surface area contributed by atoms with Crippen LogP contribution in [0.2, 0.25) is 5.02 Å². The lowest BCUT2D eigenvalue weighted by atomic mass is 10.1. The zero-order chi connectivity index (χ0) is 14.4. The van der Waals surface area contributed by atoms with E-state index in [9.17, 15) is 10.2 Å². The number of aliphatic hydroxyl groups is 2. The topological polar surface area (TPSA) is 58.9 Å². The summed E-state index contributed by atoms with van der Waals surface area (Å²) in [6.07, 6.45) is -1.32. The van der Waals surface area contributed by atoms with Crippen molar-refractivity contribution in [3.8, 4) is 5.75 Å². The minimum absolute atomic E-state index is 0.0678. The molecule has 2 unspecified atom stereocenters. The van der Waals surface area contributed by atoms with E-state index >= 15 is 0 Å². The first-order valence-electron chi connectivity index (χ1n) is 6.30. The van der Waals surface area contributed by atoms with E-state index in [-0.39, 0.29) is 19.3 Å². The smallest absolute Gasteiger partial charge is 0.125 e. The molecule has 0 aliphatic carbocycles. The summed E-state index contributed by atoms with van der Waals surface area (Å²) in [5.41, 5.74) is 0.601. The van der Waals surface area contributed by atoms with E-state index in [0.717, 1.165) is 0 Å². The van der Waals surface area contributed by atoms with E-state index in [1.165, 1.54) is 0 Å². The molecule has 0 aliphatic heterocycles. The van der Waals surface area contributed by atoms with Gasteiger partial charge in [-0.1, -0.05) is 11.6 Å². The molecule has 0 bridgehead atoms. The molecule has 0 radical (unpaired) electrons. The molecular formula is C14H21ClO4. The Kier molecular flexibility index (Phi) is 6.58.